The largest absolute Gasteiger partial charge is 0.478 e. The van der Waals surface area contributed by atoms with Crippen LogP contribution in [0.4, 0.5) is 0 Å². The van der Waals surface area contributed by atoms with Crippen molar-refractivity contribution in [3.63, 3.8) is 0 Å². The average Bonchev–Trinajstić information content (AvgIpc) is 2.36. The second-order valence-corrected chi connectivity index (χ2v) is 2.80. The van der Waals surface area contributed by atoms with E-state index in [2.05, 4.69) is 6.58 Å². The summed E-state index contributed by atoms with van der Waals surface area (Å²) in [7, 11) is 0. The molecule has 0 bridgehead atoms. The highest BCUT2D eigenvalue weighted by atomic mass is 16.4. The Morgan fingerprint density at radius 2 is 1.94 bits per heavy atom. The van der Waals surface area contributed by atoms with Crippen molar-refractivity contribution >= 4 is 12.0 Å². The summed E-state index contributed by atoms with van der Waals surface area (Å²) >= 11 is 0. The molecule has 0 amide bonds. The van der Waals surface area contributed by atoms with Crippen LogP contribution in [0.1, 0.15) is 5.56 Å². The monoisotopic (exact) mass is 227 g/mol. The van der Waals surface area contributed by atoms with Crippen molar-refractivity contribution in [2.75, 3.05) is 0 Å². The van der Waals surface area contributed by atoms with Gasteiger partial charge in [0.25, 0.3) is 0 Å². The minimum absolute atomic E-state index is 0.952. The molecule has 0 heterocycles. The molecule has 1 aromatic carbocycles. The van der Waals surface area contributed by atoms with Gasteiger partial charge in [0, 0.05) is 12.2 Å². The number of nitriles is 1. The zero-order valence-electron chi connectivity index (χ0n) is 9.28. The molecule has 0 radical (unpaired) electrons. The Bertz CT molecular complexity index is 439. The molecule has 1 rings (SSSR count). The Morgan fingerprint density at radius 3 is 2.35 bits per heavy atom. The van der Waals surface area contributed by atoms with Crippen molar-refractivity contribution in [3.8, 4) is 6.07 Å². The molecule has 3 nitrogen and oxygen atoms in total. The molecule has 0 saturated heterocycles. The molecule has 3 heteroatoms. The Labute approximate surface area is 101 Å². The normalized spacial score (nSPS) is 9.35. The molecule has 0 aliphatic rings. The number of rotatable bonds is 3. The van der Waals surface area contributed by atoms with Crippen molar-refractivity contribution in [3.05, 3.63) is 66.8 Å². The highest BCUT2D eigenvalue weighted by Crippen LogP contribution is 1.97. The maximum absolute atomic E-state index is 9.76. The van der Waals surface area contributed by atoms with Crippen LogP contribution in [0.2, 0.25) is 0 Å². The smallest absolute Gasteiger partial charge is 0.328 e. The summed E-state index contributed by atoms with van der Waals surface area (Å²) in [6.07, 6.45) is 6.62. The van der Waals surface area contributed by atoms with Crippen LogP contribution in [0.25, 0.3) is 6.08 Å². The molecule has 0 fully saturated rings. The average molecular weight is 227 g/mol. The predicted molar refractivity (Wildman–Crippen MR) is 68.1 cm³/mol. The molecule has 0 atom stereocenters. The van der Waals surface area contributed by atoms with E-state index in [4.69, 9.17) is 10.4 Å². The zero-order valence-corrected chi connectivity index (χ0v) is 9.28. The standard InChI is InChI=1S/C8H8.C6H5NO2/c1-2-8-6-4-3-5-7-8;7-5-3-1-2-4-6(8)9/h2-7H,1H2;1-4H,(H,8,9). The van der Waals surface area contributed by atoms with E-state index in [9.17, 15) is 4.79 Å². The van der Waals surface area contributed by atoms with Crippen molar-refractivity contribution in [2.24, 2.45) is 0 Å². The van der Waals surface area contributed by atoms with Crippen LogP contribution < -0.4 is 0 Å². The Hall–Kier alpha value is -2.60. The van der Waals surface area contributed by atoms with Gasteiger partial charge in [0.2, 0.25) is 0 Å². The molecule has 0 saturated carbocycles. The van der Waals surface area contributed by atoms with Crippen molar-refractivity contribution in [1.82, 2.24) is 0 Å². The van der Waals surface area contributed by atoms with Crippen LogP contribution in [-0.2, 0) is 4.79 Å². The SMILES string of the molecule is C=Cc1ccccc1.N#CC=CC=CC(=O)O. The lowest BCUT2D eigenvalue weighted by Crippen LogP contribution is -1.84. The first-order valence-electron chi connectivity index (χ1n) is 4.84. The van der Waals surface area contributed by atoms with Gasteiger partial charge in [0.1, 0.15) is 0 Å². The van der Waals surface area contributed by atoms with Crippen LogP contribution in [0.5, 0.6) is 0 Å². The fraction of sp³-hybridized carbons (Fsp3) is 0. The van der Waals surface area contributed by atoms with Gasteiger partial charge in [-0.1, -0.05) is 55.1 Å². The molecule has 1 N–H and O–H groups in total. The number of carboxylic acids is 1. The van der Waals surface area contributed by atoms with E-state index >= 15 is 0 Å². The molecule has 0 aliphatic heterocycles. The Balaban J connectivity index is 0.000000302. The number of carboxylic acid groups (broad SMARTS) is 1. The summed E-state index contributed by atoms with van der Waals surface area (Å²) in [6.45, 7) is 3.63. The molecular weight excluding hydrogens is 214 g/mol. The number of benzene rings is 1. The molecule has 0 spiro atoms. The van der Waals surface area contributed by atoms with Gasteiger partial charge in [0.15, 0.2) is 0 Å². The number of aliphatic carboxylic acids is 1. The van der Waals surface area contributed by atoms with E-state index in [0.717, 1.165) is 6.08 Å². The molecule has 0 aliphatic carbocycles. The third kappa shape index (κ3) is 9.70. The highest BCUT2D eigenvalue weighted by molar-refractivity contribution is 5.80. The summed E-state index contributed by atoms with van der Waals surface area (Å²) in [6, 6.07) is 11.7. The second kappa shape index (κ2) is 9.94. The highest BCUT2D eigenvalue weighted by Gasteiger charge is 1.79. The summed E-state index contributed by atoms with van der Waals surface area (Å²) in [5.74, 6) is -1.02. The lowest BCUT2D eigenvalue weighted by Gasteiger charge is -1.85. The number of hydrogen-bond acceptors (Lipinski definition) is 2. The van der Waals surface area contributed by atoms with Gasteiger partial charge in [-0.3, -0.25) is 0 Å². The lowest BCUT2D eigenvalue weighted by atomic mass is 10.2. The lowest BCUT2D eigenvalue weighted by molar-refractivity contribution is -0.131. The molecule has 86 valence electrons. The van der Waals surface area contributed by atoms with Crippen LogP contribution in [-0.4, -0.2) is 11.1 Å². The Kier molecular flexibility index (Phi) is 8.42. The van der Waals surface area contributed by atoms with E-state index in [-0.39, 0.29) is 0 Å². The molecule has 0 unspecified atom stereocenters. The number of hydrogen-bond donors (Lipinski definition) is 1. The maximum atomic E-state index is 9.76. The van der Waals surface area contributed by atoms with Gasteiger partial charge in [0.05, 0.1) is 6.07 Å². The van der Waals surface area contributed by atoms with Gasteiger partial charge < -0.3 is 5.11 Å². The number of carbonyl (C=O) groups is 1. The van der Waals surface area contributed by atoms with Crippen molar-refractivity contribution in [1.29, 1.82) is 5.26 Å². The van der Waals surface area contributed by atoms with Crippen LogP contribution in [0.3, 0.4) is 0 Å². The summed E-state index contributed by atoms with van der Waals surface area (Å²) in [4.78, 5) is 9.76. The summed E-state index contributed by atoms with van der Waals surface area (Å²) < 4.78 is 0. The zero-order chi connectivity index (χ0) is 12.9. The first kappa shape index (κ1) is 14.4. The molecule has 17 heavy (non-hydrogen) atoms. The third-order valence-electron chi connectivity index (χ3n) is 1.56. The van der Waals surface area contributed by atoms with E-state index in [1.807, 2.05) is 36.4 Å². The first-order valence-corrected chi connectivity index (χ1v) is 4.84. The third-order valence-corrected chi connectivity index (χ3v) is 1.56. The van der Waals surface area contributed by atoms with E-state index in [1.54, 1.807) is 6.07 Å². The number of nitrogens with zero attached hydrogens (tertiary/aromatic N) is 1. The van der Waals surface area contributed by atoms with E-state index in [1.165, 1.54) is 23.8 Å². The fourth-order valence-electron chi connectivity index (χ4n) is 0.826. The number of allylic oxidation sites excluding steroid dienone is 3. The quantitative estimate of drug-likeness (QED) is 0.490. The van der Waals surface area contributed by atoms with E-state index < -0.39 is 5.97 Å². The predicted octanol–water partition coefficient (Wildman–Crippen LogP) is 3.04. The van der Waals surface area contributed by atoms with Gasteiger partial charge in [-0.05, 0) is 5.56 Å². The second-order valence-electron chi connectivity index (χ2n) is 2.80. The molecular formula is C14H13NO2. The minimum atomic E-state index is -1.02. The van der Waals surface area contributed by atoms with Crippen molar-refractivity contribution < 1.29 is 9.90 Å². The molecule has 0 aromatic heterocycles. The summed E-state index contributed by atoms with van der Waals surface area (Å²) in [5.41, 5.74) is 1.17. The van der Waals surface area contributed by atoms with Gasteiger partial charge in [-0.2, -0.15) is 5.26 Å². The van der Waals surface area contributed by atoms with E-state index in [0.29, 0.717) is 0 Å². The van der Waals surface area contributed by atoms with Gasteiger partial charge in [-0.25, -0.2) is 4.79 Å². The fourth-order valence-corrected chi connectivity index (χ4v) is 0.826. The maximum Gasteiger partial charge on any atom is 0.328 e. The van der Waals surface area contributed by atoms with Gasteiger partial charge >= 0.3 is 5.97 Å². The summed E-state index contributed by atoms with van der Waals surface area (Å²) in [5, 5.41) is 15.9. The van der Waals surface area contributed by atoms with Gasteiger partial charge in [-0.15, -0.1) is 0 Å². The van der Waals surface area contributed by atoms with Crippen molar-refractivity contribution in [2.45, 2.75) is 0 Å². The van der Waals surface area contributed by atoms with Crippen LogP contribution >= 0.6 is 0 Å². The first-order chi connectivity index (χ1) is 8.20. The van der Waals surface area contributed by atoms with Crippen LogP contribution in [0, 0.1) is 11.3 Å². The minimum Gasteiger partial charge on any atom is -0.478 e. The Morgan fingerprint density at radius 1 is 1.29 bits per heavy atom. The molecule has 1 aromatic rings. The van der Waals surface area contributed by atoms with Crippen LogP contribution in [0.15, 0.2) is 61.2 Å². The topological polar surface area (TPSA) is 61.1 Å².